The molecule has 0 aromatic heterocycles. The first-order valence-electron chi connectivity index (χ1n) is 7.43. The molecule has 2 aliphatic rings. The van der Waals surface area contributed by atoms with E-state index < -0.39 is 0 Å². The molecule has 0 spiro atoms. The third kappa shape index (κ3) is 2.99. The average molecular weight is 260 g/mol. The van der Waals surface area contributed by atoms with Gasteiger partial charge in [0.25, 0.3) is 0 Å². The molecule has 2 unspecified atom stereocenters. The summed E-state index contributed by atoms with van der Waals surface area (Å²) in [6.45, 7) is 6.15. The fraction of sp³-hybridized carbons (Fsp3) is 0.625. The Kier molecular flexibility index (Phi) is 3.87. The molecule has 2 heterocycles. The molecule has 1 saturated heterocycles. The van der Waals surface area contributed by atoms with Gasteiger partial charge < -0.3 is 15.4 Å². The van der Waals surface area contributed by atoms with E-state index in [1.165, 1.54) is 24.0 Å². The van der Waals surface area contributed by atoms with Crippen molar-refractivity contribution < 1.29 is 4.74 Å². The van der Waals surface area contributed by atoms with Crippen LogP contribution in [0, 0.1) is 0 Å². The quantitative estimate of drug-likeness (QED) is 0.869. The van der Waals surface area contributed by atoms with E-state index in [0.717, 1.165) is 32.7 Å². The average Bonchev–Trinajstić information content (AvgIpc) is 2.86. The molecule has 1 aromatic carbocycles. The summed E-state index contributed by atoms with van der Waals surface area (Å²) in [5, 5.41) is 7.20. The highest BCUT2D eigenvalue weighted by molar-refractivity contribution is 5.32. The van der Waals surface area contributed by atoms with Gasteiger partial charge in [-0.1, -0.05) is 24.3 Å². The van der Waals surface area contributed by atoms with Gasteiger partial charge in [0.05, 0.1) is 5.60 Å². The molecule has 3 nitrogen and oxygen atoms in total. The summed E-state index contributed by atoms with van der Waals surface area (Å²) in [4.78, 5) is 0. The van der Waals surface area contributed by atoms with Gasteiger partial charge in [-0.2, -0.15) is 0 Å². The van der Waals surface area contributed by atoms with Crippen LogP contribution in [0.4, 0.5) is 0 Å². The van der Waals surface area contributed by atoms with Crippen LogP contribution in [0.15, 0.2) is 24.3 Å². The zero-order valence-electron chi connectivity index (χ0n) is 11.7. The summed E-state index contributed by atoms with van der Waals surface area (Å²) >= 11 is 0. The van der Waals surface area contributed by atoms with Crippen molar-refractivity contribution in [3.05, 3.63) is 35.4 Å². The lowest BCUT2D eigenvalue weighted by Crippen LogP contribution is -2.42. The van der Waals surface area contributed by atoms with Gasteiger partial charge in [-0.05, 0) is 43.9 Å². The van der Waals surface area contributed by atoms with E-state index in [1.54, 1.807) is 0 Å². The van der Waals surface area contributed by atoms with E-state index in [1.807, 2.05) is 0 Å². The molecule has 3 rings (SSSR count). The molecule has 0 bridgehead atoms. The first-order valence-corrected chi connectivity index (χ1v) is 7.43. The summed E-state index contributed by atoms with van der Waals surface area (Å²) in [5.74, 6) is 0. The summed E-state index contributed by atoms with van der Waals surface area (Å²) in [7, 11) is 0. The van der Waals surface area contributed by atoms with Crippen molar-refractivity contribution in [2.45, 2.75) is 37.8 Å². The Hall–Kier alpha value is -0.900. The third-order valence-corrected chi connectivity index (χ3v) is 4.36. The number of hydrogen-bond acceptors (Lipinski definition) is 3. The molecule has 0 saturated carbocycles. The Morgan fingerprint density at radius 1 is 1.42 bits per heavy atom. The Balaban J connectivity index is 1.56. The maximum atomic E-state index is 5.82. The molecule has 0 amide bonds. The molecule has 19 heavy (non-hydrogen) atoms. The number of fused-ring (bicyclic) bond motifs is 1. The van der Waals surface area contributed by atoms with Crippen LogP contribution >= 0.6 is 0 Å². The zero-order chi connectivity index (χ0) is 13.1. The Morgan fingerprint density at radius 3 is 3.16 bits per heavy atom. The Bertz CT molecular complexity index is 427. The second kappa shape index (κ2) is 5.61. The summed E-state index contributed by atoms with van der Waals surface area (Å²) in [5.41, 5.74) is 3.00. The summed E-state index contributed by atoms with van der Waals surface area (Å²) in [6.07, 6.45) is 3.52. The van der Waals surface area contributed by atoms with E-state index >= 15 is 0 Å². The van der Waals surface area contributed by atoms with Gasteiger partial charge in [-0.25, -0.2) is 0 Å². The number of benzene rings is 1. The topological polar surface area (TPSA) is 33.3 Å². The van der Waals surface area contributed by atoms with Gasteiger partial charge in [0, 0.05) is 25.7 Å². The van der Waals surface area contributed by atoms with Crippen molar-refractivity contribution in [3.8, 4) is 0 Å². The van der Waals surface area contributed by atoms with Crippen molar-refractivity contribution in [3.63, 3.8) is 0 Å². The van der Waals surface area contributed by atoms with Crippen LogP contribution in [0.1, 0.15) is 36.9 Å². The van der Waals surface area contributed by atoms with Crippen LogP contribution in [0.2, 0.25) is 0 Å². The highest BCUT2D eigenvalue weighted by atomic mass is 16.5. The van der Waals surface area contributed by atoms with Gasteiger partial charge in [-0.3, -0.25) is 0 Å². The van der Waals surface area contributed by atoms with Crippen molar-refractivity contribution in [2.75, 3.05) is 26.2 Å². The van der Waals surface area contributed by atoms with Gasteiger partial charge in [0.2, 0.25) is 0 Å². The van der Waals surface area contributed by atoms with Crippen LogP contribution < -0.4 is 10.6 Å². The first-order chi connectivity index (χ1) is 9.27. The highest BCUT2D eigenvalue weighted by Gasteiger charge is 2.29. The third-order valence-electron chi connectivity index (χ3n) is 4.36. The van der Waals surface area contributed by atoms with Crippen molar-refractivity contribution in [2.24, 2.45) is 0 Å². The fourth-order valence-corrected chi connectivity index (χ4v) is 3.23. The molecule has 3 heteroatoms. The Labute approximate surface area is 115 Å². The predicted molar refractivity (Wildman–Crippen MR) is 77.4 cm³/mol. The van der Waals surface area contributed by atoms with Crippen molar-refractivity contribution in [1.29, 1.82) is 0 Å². The lowest BCUT2D eigenvalue weighted by Gasteiger charge is -2.29. The highest BCUT2D eigenvalue weighted by Crippen LogP contribution is 2.25. The van der Waals surface area contributed by atoms with E-state index in [2.05, 4.69) is 41.8 Å². The molecule has 0 aliphatic carbocycles. The molecule has 0 radical (unpaired) electrons. The minimum atomic E-state index is 0.0498. The molecule has 2 N–H and O–H groups in total. The van der Waals surface area contributed by atoms with E-state index in [-0.39, 0.29) is 5.60 Å². The van der Waals surface area contributed by atoms with Crippen LogP contribution in [-0.2, 0) is 11.2 Å². The minimum Gasteiger partial charge on any atom is -0.374 e. The zero-order valence-corrected chi connectivity index (χ0v) is 11.7. The van der Waals surface area contributed by atoms with Gasteiger partial charge in [0.15, 0.2) is 0 Å². The SMILES string of the molecule is CC1(CNCC2NCCc3ccccc32)CCCO1. The van der Waals surface area contributed by atoms with Crippen molar-refractivity contribution in [1.82, 2.24) is 10.6 Å². The molecule has 2 atom stereocenters. The number of rotatable bonds is 4. The minimum absolute atomic E-state index is 0.0498. The molecule has 1 aromatic rings. The molecular formula is C16H24N2O. The lowest BCUT2D eigenvalue weighted by molar-refractivity contribution is 0.0206. The molecule has 2 aliphatic heterocycles. The van der Waals surface area contributed by atoms with Crippen LogP contribution in [-0.4, -0.2) is 31.8 Å². The molecule has 1 fully saturated rings. The number of hydrogen-bond donors (Lipinski definition) is 2. The number of nitrogens with one attached hydrogen (secondary N) is 2. The second-order valence-corrected chi connectivity index (χ2v) is 5.99. The molecule has 104 valence electrons. The van der Waals surface area contributed by atoms with E-state index in [9.17, 15) is 0 Å². The van der Waals surface area contributed by atoms with Crippen LogP contribution in [0.3, 0.4) is 0 Å². The smallest absolute Gasteiger partial charge is 0.0779 e. The monoisotopic (exact) mass is 260 g/mol. The largest absolute Gasteiger partial charge is 0.374 e. The lowest BCUT2D eigenvalue weighted by atomic mass is 9.94. The fourth-order valence-electron chi connectivity index (χ4n) is 3.23. The van der Waals surface area contributed by atoms with Crippen molar-refractivity contribution >= 4 is 0 Å². The van der Waals surface area contributed by atoms with E-state index in [4.69, 9.17) is 4.74 Å². The van der Waals surface area contributed by atoms with Crippen LogP contribution in [0.5, 0.6) is 0 Å². The first kappa shape index (κ1) is 13.1. The maximum absolute atomic E-state index is 5.82. The number of ether oxygens (including phenoxy) is 1. The van der Waals surface area contributed by atoms with Gasteiger partial charge in [0.1, 0.15) is 0 Å². The summed E-state index contributed by atoms with van der Waals surface area (Å²) < 4.78 is 5.82. The van der Waals surface area contributed by atoms with Crippen LogP contribution in [0.25, 0.3) is 0 Å². The Morgan fingerprint density at radius 2 is 2.32 bits per heavy atom. The standard InChI is InChI=1S/C16H24N2O/c1-16(8-4-10-19-16)12-17-11-15-14-6-3-2-5-13(14)7-9-18-15/h2-3,5-6,15,17-18H,4,7-12H2,1H3. The van der Waals surface area contributed by atoms with Gasteiger partial charge >= 0.3 is 0 Å². The molecular weight excluding hydrogens is 236 g/mol. The van der Waals surface area contributed by atoms with Gasteiger partial charge in [-0.15, -0.1) is 0 Å². The second-order valence-electron chi connectivity index (χ2n) is 5.99. The summed E-state index contributed by atoms with van der Waals surface area (Å²) in [6, 6.07) is 9.23. The van der Waals surface area contributed by atoms with E-state index in [0.29, 0.717) is 6.04 Å². The predicted octanol–water partition coefficient (Wildman–Crippen LogP) is 2.03. The normalized spacial score (nSPS) is 30.3. The maximum Gasteiger partial charge on any atom is 0.0779 e.